The van der Waals surface area contributed by atoms with Crippen LogP contribution in [0.15, 0.2) is 60.0 Å². The van der Waals surface area contributed by atoms with Crippen LogP contribution in [0.1, 0.15) is 75.1 Å². The summed E-state index contributed by atoms with van der Waals surface area (Å²) in [4.78, 5) is 54.8. The van der Waals surface area contributed by atoms with Crippen LogP contribution in [-0.2, 0) is 16.1 Å². The highest BCUT2D eigenvalue weighted by Crippen LogP contribution is 2.46. The number of amides is 3. The van der Waals surface area contributed by atoms with Crippen molar-refractivity contribution >= 4 is 40.1 Å². The third kappa shape index (κ3) is 7.85. The van der Waals surface area contributed by atoms with Crippen molar-refractivity contribution in [2.75, 3.05) is 27.3 Å². The van der Waals surface area contributed by atoms with E-state index in [0.29, 0.717) is 42.2 Å². The van der Waals surface area contributed by atoms with E-state index >= 15 is 0 Å². The van der Waals surface area contributed by atoms with Crippen LogP contribution in [0.25, 0.3) is 21.6 Å². The first-order chi connectivity index (χ1) is 26.5. The van der Waals surface area contributed by atoms with Crippen molar-refractivity contribution in [1.29, 1.82) is 0 Å². The number of aryl methyl sites for hydroxylation is 1. The number of benzene rings is 2. The fourth-order valence-corrected chi connectivity index (χ4v) is 8.58. The van der Waals surface area contributed by atoms with Crippen LogP contribution < -0.4 is 19.5 Å². The number of carbonyl (C=O) groups excluding carboxylic acids is 2. The number of ether oxygens (including phenoxy) is 3. The summed E-state index contributed by atoms with van der Waals surface area (Å²) in [5, 5.41) is 16.8. The Bertz CT molecular complexity index is 2100. The number of hydrogen-bond acceptors (Lipinski definition) is 9. The lowest BCUT2D eigenvalue weighted by molar-refractivity contribution is -0.144. The highest BCUT2D eigenvalue weighted by atomic mass is 32.1. The maximum absolute atomic E-state index is 14.7. The highest BCUT2D eigenvalue weighted by Gasteiger charge is 2.61. The summed E-state index contributed by atoms with van der Waals surface area (Å²) in [5.74, 6) is 0.331. The average molecular weight is 768 g/mol. The number of aliphatic carboxylic acids is 1. The minimum Gasteiger partial charge on any atom is -0.497 e. The molecule has 3 aliphatic rings. The molecule has 4 atom stereocenters. The largest absolute Gasteiger partial charge is 0.497 e. The number of carboxylic acid groups (broad SMARTS) is 1. The molecular formula is C42H49N5O7S. The molecule has 0 spiro atoms. The van der Waals surface area contributed by atoms with Crippen LogP contribution in [0.4, 0.5) is 4.79 Å². The second-order valence-corrected chi connectivity index (χ2v) is 15.9. The molecule has 2 aromatic heterocycles. The van der Waals surface area contributed by atoms with E-state index in [-0.39, 0.29) is 30.8 Å². The maximum Gasteiger partial charge on any atom is 0.330 e. The topological polar surface area (TPSA) is 143 Å². The number of methoxy groups -OCH3 is 2. The lowest BCUT2D eigenvalue weighted by atomic mass is 10.1. The monoisotopic (exact) mass is 767 g/mol. The number of urea groups is 1. The number of rotatable bonds is 9. The van der Waals surface area contributed by atoms with Crippen LogP contribution >= 0.6 is 11.3 Å². The number of fused-ring (bicyclic) bond motifs is 3. The average Bonchev–Trinajstić information content (AvgIpc) is 3.47. The first kappa shape index (κ1) is 38.1. The van der Waals surface area contributed by atoms with Gasteiger partial charge in [-0.1, -0.05) is 44.6 Å². The van der Waals surface area contributed by atoms with E-state index in [2.05, 4.69) is 19.2 Å². The Hall–Kier alpha value is -5.17. The van der Waals surface area contributed by atoms with E-state index in [9.17, 15) is 19.5 Å². The van der Waals surface area contributed by atoms with E-state index in [1.807, 2.05) is 66.9 Å². The van der Waals surface area contributed by atoms with E-state index in [1.165, 1.54) is 11.3 Å². The fraction of sp³-hybridized carbons (Fsp3) is 0.452. The number of carbonyl (C=O) groups is 3. The molecule has 3 amide bonds. The number of aromatic nitrogens is 2. The summed E-state index contributed by atoms with van der Waals surface area (Å²) in [6.45, 7) is 7.12. The van der Waals surface area contributed by atoms with Crippen molar-refractivity contribution in [2.45, 2.75) is 89.4 Å². The van der Waals surface area contributed by atoms with E-state index in [0.717, 1.165) is 58.6 Å². The predicted molar refractivity (Wildman–Crippen MR) is 211 cm³/mol. The molecule has 2 fully saturated rings. The molecule has 290 valence electrons. The lowest BCUT2D eigenvalue weighted by Gasteiger charge is -2.32. The molecule has 2 aromatic carbocycles. The Labute approximate surface area is 325 Å². The zero-order chi connectivity index (χ0) is 38.9. The zero-order valence-electron chi connectivity index (χ0n) is 32.0. The predicted octanol–water partition coefficient (Wildman–Crippen LogP) is 7.34. The molecule has 0 unspecified atom stereocenters. The van der Waals surface area contributed by atoms with Gasteiger partial charge in [-0.25, -0.2) is 19.6 Å². The fourth-order valence-electron chi connectivity index (χ4n) is 7.64. The van der Waals surface area contributed by atoms with Crippen molar-refractivity contribution in [3.8, 4) is 28.0 Å². The van der Waals surface area contributed by atoms with Crippen LogP contribution in [0, 0.1) is 12.8 Å². The summed E-state index contributed by atoms with van der Waals surface area (Å²) in [7, 11) is 3.24. The van der Waals surface area contributed by atoms with E-state index < -0.39 is 29.6 Å². The number of hydrogen-bond donors (Lipinski definition) is 2. The van der Waals surface area contributed by atoms with Gasteiger partial charge >= 0.3 is 12.0 Å². The number of nitrogens with zero attached hydrogens (tertiary/aromatic N) is 4. The smallest absolute Gasteiger partial charge is 0.330 e. The van der Waals surface area contributed by atoms with Crippen LogP contribution in [0.2, 0.25) is 0 Å². The molecule has 7 rings (SSSR count). The molecule has 12 nitrogen and oxygen atoms in total. The molecule has 1 aliphatic carbocycles. The third-order valence-corrected chi connectivity index (χ3v) is 11.9. The standard InChI is InChI=1S/C42H49N5O7S/c1-25(2)33-24-55-39(44-33)32-20-36(31-16-17-35(53-5)26(3)37(31)43-32)54-30-19-34-38(48)45-42(40(49)50)21-28(42)11-9-7-6-8-10-18-46(41(51)47(34)23-30)22-27-12-14-29(52-4)15-13-27/h9,11-17,20,24-25,28,30,34H,6-8,10,18-19,21-23H2,1-5H3,(H,45,48)(H,49,50)/t28-,30-,34+,42-/m1/s1. The van der Waals surface area contributed by atoms with Gasteiger partial charge in [-0.3, -0.25) is 4.79 Å². The van der Waals surface area contributed by atoms with Crippen LogP contribution in [0.3, 0.4) is 0 Å². The molecule has 2 N–H and O–H groups in total. The summed E-state index contributed by atoms with van der Waals surface area (Å²) in [5.41, 5.74) is 2.71. The van der Waals surface area contributed by atoms with Gasteiger partial charge in [0.2, 0.25) is 5.91 Å². The maximum atomic E-state index is 14.7. The Morgan fingerprint density at radius 1 is 1.05 bits per heavy atom. The summed E-state index contributed by atoms with van der Waals surface area (Å²) < 4.78 is 17.8. The van der Waals surface area contributed by atoms with Gasteiger partial charge in [-0.05, 0) is 68.4 Å². The quantitative estimate of drug-likeness (QED) is 0.167. The number of pyridine rings is 1. The van der Waals surface area contributed by atoms with E-state index in [4.69, 9.17) is 24.2 Å². The van der Waals surface area contributed by atoms with Crippen molar-refractivity contribution in [1.82, 2.24) is 25.1 Å². The molecule has 13 heteroatoms. The second-order valence-electron chi connectivity index (χ2n) is 15.1. The highest BCUT2D eigenvalue weighted by molar-refractivity contribution is 7.13. The van der Waals surface area contributed by atoms with Crippen molar-refractivity contribution in [3.63, 3.8) is 0 Å². The zero-order valence-corrected chi connectivity index (χ0v) is 32.9. The van der Waals surface area contributed by atoms with Gasteiger partial charge in [-0.15, -0.1) is 11.3 Å². The number of allylic oxidation sites excluding steroid dienone is 1. The van der Waals surface area contributed by atoms with Gasteiger partial charge in [0.15, 0.2) is 0 Å². The molecule has 4 aromatic rings. The normalized spacial score (nSPS) is 23.1. The van der Waals surface area contributed by atoms with Gasteiger partial charge in [0.25, 0.3) is 0 Å². The molecule has 4 heterocycles. The summed E-state index contributed by atoms with van der Waals surface area (Å²) in [6.07, 6.45) is 7.24. The van der Waals surface area contributed by atoms with Gasteiger partial charge < -0.3 is 34.4 Å². The molecule has 55 heavy (non-hydrogen) atoms. The SMILES string of the molecule is COc1ccc(CN2CCCCCC=C[C@@H]3C[C@@]3(C(=O)O)NC(=O)[C@@H]3C[C@@H](Oc4cc(-c5nc(C(C)C)cs5)nc5c(C)c(OC)ccc45)CN3C2=O)cc1. The van der Waals surface area contributed by atoms with Crippen molar-refractivity contribution < 1.29 is 33.7 Å². The molecule has 2 aliphatic heterocycles. The Kier molecular flexibility index (Phi) is 11.0. The van der Waals surface area contributed by atoms with Crippen molar-refractivity contribution in [2.24, 2.45) is 5.92 Å². The first-order valence-electron chi connectivity index (χ1n) is 19.0. The minimum atomic E-state index is -1.40. The lowest BCUT2D eigenvalue weighted by Crippen LogP contribution is -2.55. The Balaban J connectivity index is 1.24. The number of nitrogens with one attached hydrogen (secondary N) is 1. The molecule has 0 radical (unpaired) electrons. The van der Waals surface area contributed by atoms with Gasteiger partial charge in [-0.2, -0.15) is 0 Å². The van der Waals surface area contributed by atoms with Gasteiger partial charge in [0.1, 0.15) is 45.6 Å². The van der Waals surface area contributed by atoms with Gasteiger partial charge in [0.05, 0.1) is 32.0 Å². The van der Waals surface area contributed by atoms with Crippen molar-refractivity contribution in [3.05, 3.63) is 76.8 Å². The van der Waals surface area contributed by atoms with Crippen LogP contribution in [-0.4, -0.2) is 87.8 Å². The van der Waals surface area contributed by atoms with Gasteiger partial charge in [0, 0.05) is 47.8 Å². The van der Waals surface area contributed by atoms with E-state index in [1.54, 1.807) is 24.0 Å². The first-order valence-corrected chi connectivity index (χ1v) is 19.9. The Morgan fingerprint density at radius 3 is 2.56 bits per heavy atom. The molecule has 0 bridgehead atoms. The summed E-state index contributed by atoms with van der Waals surface area (Å²) in [6, 6.07) is 12.0. The molecule has 1 saturated carbocycles. The molecule has 1 saturated heterocycles. The second kappa shape index (κ2) is 15.9. The number of carboxylic acids is 1. The summed E-state index contributed by atoms with van der Waals surface area (Å²) >= 11 is 1.52. The minimum absolute atomic E-state index is 0.127. The Morgan fingerprint density at radius 2 is 1.85 bits per heavy atom. The number of thiazole rings is 1. The molecular weight excluding hydrogens is 719 g/mol. The van der Waals surface area contributed by atoms with Crippen LogP contribution in [0.5, 0.6) is 17.2 Å². The third-order valence-electron chi connectivity index (χ3n) is 11.0.